The van der Waals surface area contributed by atoms with E-state index in [1.54, 1.807) is 68.3 Å². The van der Waals surface area contributed by atoms with Gasteiger partial charge in [0.05, 0.1) is 35.7 Å². The Hall–Kier alpha value is -5.09. The van der Waals surface area contributed by atoms with Crippen molar-refractivity contribution in [2.24, 2.45) is 0 Å². The molecule has 0 saturated carbocycles. The van der Waals surface area contributed by atoms with Crippen molar-refractivity contribution in [3.63, 3.8) is 0 Å². The van der Waals surface area contributed by atoms with Crippen molar-refractivity contribution in [1.82, 2.24) is 24.8 Å². The number of carbonyl (C=O) groups excluding carboxylic acids is 2. The van der Waals surface area contributed by atoms with Crippen LogP contribution in [0.3, 0.4) is 0 Å². The fourth-order valence-corrected chi connectivity index (χ4v) is 5.08. The number of likely N-dealkylation sites (N-methyl/N-ethyl adjacent to an activating group) is 1. The number of pyridine rings is 2. The van der Waals surface area contributed by atoms with Crippen molar-refractivity contribution >= 4 is 28.4 Å². The number of rotatable bonds is 8. The van der Waals surface area contributed by atoms with Crippen LogP contribution in [-0.4, -0.2) is 46.1 Å². The Morgan fingerprint density at radius 3 is 2.51 bits per heavy atom. The van der Waals surface area contributed by atoms with Gasteiger partial charge in [-0.15, -0.1) is 0 Å². The fourth-order valence-electron chi connectivity index (χ4n) is 5.08. The second kappa shape index (κ2) is 12.0. The van der Waals surface area contributed by atoms with Crippen molar-refractivity contribution in [2.45, 2.75) is 33.4 Å². The van der Waals surface area contributed by atoms with Crippen LogP contribution in [-0.2, 0) is 11.3 Å². The molecule has 0 bridgehead atoms. The number of fused-ring (bicyclic) bond motifs is 1. The van der Waals surface area contributed by atoms with Crippen LogP contribution in [0.15, 0.2) is 78.0 Å². The second-order valence-electron chi connectivity index (χ2n) is 10.5. The van der Waals surface area contributed by atoms with Gasteiger partial charge in [0.1, 0.15) is 11.5 Å². The minimum Gasteiger partial charge on any atom is -0.355 e. The Balaban J connectivity index is 1.63. The van der Waals surface area contributed by atoms with Crippen molar-refractivity contribution in [2.75, 3.05) is 19.4 Å². The number of anilines is 1. The van der Waals surface area contributed by atoms with Crippen LogP contribution in [0.1, 0.15) is 34.0 Å². The average Bonchev–Trinajstić information content (AvgIpc) is 3.34. The van der Waals surface area contributed by atoms with E-state index in [2.05, 4.69) is 20.9 Å². The SMILES string of the molecule is CNC(=O)c1ccc(C)c(-c2ccc(NC(=O)C(C)NC)c(=O)n2Cc2cncc(-n3cc(C)c4cc(F)ccc43)c2)c1. The summed E-state index contributed by atoms with van der Waals surface area (Å²) in [6, 6.07) is 14.8. The monoisotopic (exact) mass is 580 g/mol. The summed E-state index contributed by atoms with van der Waals surface area (Å²) in [6.45, 7) is 5.67. The fraction of sp³-hybridized carbons (Fsp3) is 0.212. The summed E-state index contributed by atoms with van der Waals surface area (Å²) in [7, 11) is 3.23. The van der Waals surface area contributed by atoms with Crippen LogP contribution in [0, 0.1) is 19.7 Å². The van der Waals surface area contributed by atoms with Crippen LogP contribution in [0.4, 0.5) is 10.1 Å². The zero-order valence-electron chi connectivity index (χ0n) is 24.7. The highest BCUT2D eigenvalue weighted by Crippen LogP contribution is 2.28. The number of nitrogens with one attached hydrogen (secondary N) is 3. The molecule has 0 aliphatic rings. The van der Waals surface area contributed by atoms with E-state index in [4.69, 9.17) is 0 Å². The van der Waals surface area contributed by atoms with Crippen molar-refractivity contribution in [1.29, 1.82) is 0 Å². The van der Waals surface area contributed by atoms with Gasteiger partial charge in [-0.3, -0.25) is 19.4 Å². The van der Waals surface area contributed by atoms with E-state index in [1.165, 1.54) is 12.1 Å². The lowest BCUT2D eigenvalue weighted by atomic mass is 10.0. The predicted molar refractivity (Wildman–Crippen MR) is 166 cm³/mol. The number of carbonyl (C=O) groups is 2. The minimum absolute atomic E-state index is 0.133. The van der Waals surface area contributed by atoms with Crippen LogP contribution < -0.4 is 21.5 Å². The standard InChI is InChI=1S/C33H33FN6O3/c1-19-6-7-23(32(42)36-5)13-26(19)30-11-9-28(38-31(41)21(3)35-4)33(43)40(30)18-22-12-25(16-37-15-22)39-17-20(2)27-14-24(34)8-10-29(27)39/h6-17,21,35H,18H2,1-5H3,(H,36,42)(H,38,41). The maximum absolute atomic E-state index is 14.0. The van der Waals surface area contributed by atoms with Gasteiger partial charge in [0.15, 0.2) is 0 Å². The maximum Gasteiger partial charge on any atom is 0.275 e. The maximum atomic E-state index is 14.0. The average molecular weight is 581 g/mol. The lowest BCUT2D eigenvalue weighted by Gasteiger charge is -2.18. The number of aryl methyl sites for hydroxylation is 2. The molecule has 0 spiro atoms. The number of benzene rings is 2. The third-order valence-corrected chi connectivity index (χ3v) is 7.63. The summed E-state index contributed by atoms with van der Waals surface area (Å²) in [5.74, 6) is -0.892. The van der Waals surface area contributed by atoms with E-state index in [1.807, 2.05) is 36.7 Å². The zero-order valence-corrected chi connectivity index (χ0v) is 24.7. The molecule has 0 radical (unpaired) electrons. The number of halogens is 1. The van der Waals surface area contributed by atoms with Crippen molar-refractivity contribution in [3.05, 3.63) is 112 Å². The highest BCUT2D eigenvalue weighted by Gasteiger charge is 2.18. The van der Waals surface area contributed by atoms with Crippen molar-refractivity contribution < 1.29 is 14.0 Å². The summed E-state index contributed by atoms with van der Waals surface area (Å²) < 4.78 is 17.5. The molecule has 0 aliphatic carbocycles. The van der Waals surface area contributed by atoms with Gasteiger partial charge < -0.3 is 25.1 Å². The number of nitrogens with zero attached hydrogens (tertiary/aromatic N) is 3. The topological polar surface area (TPSA) is 110 Å². The summed E-state index contributed by atoms with van der Waals surface area (Å²) in [5, 5.41) is 9.05. The van der Waals surface area contributed by atoms with Gasteiger partial charge in [-0.25, -0.2) is 4.39 Å². The smallest absolute Gasteiger partial charge is 0.275 e. The van der Waals surface area contributed by atoms with E-state index < -0.39 is 11.6 Å². The molecule has 3 N–H and O–H groups in total. The van der Waals surface area contributed by atoms with Gasteiger partial charge in [-0.2, -0.15) is 0 Å². The zero-order chi connectivity index (χ0) is 30.8. The summed E-state index contributed by atoms with van der Waals surface area (Å²) >= 11 is 0. The molecule has 220 valence electrons. The van der Waals surface area contributed by atoms with Crippen LogP contribution in [0.2, 0.25) is 0 Å². The number of amides is 2. The van der Waals surface area contributed by atoms with Crippen molar-refractivity contribution in [3.8, 4) is 16.9 Å². The number of aromatic nitrogens is 3. The highest BCUT2D eigenvalue weighted by atomic mass is 19.1. The van der Waals surface area contributed by atoms with E-state index in [0.717, 1.165) is 33.3 Å². The molecular formula is C33H33FN6O3. The van der Waals surface area contributed by atoms with Crippen LogP contribution in [0.5, 0.6) is 0 Å². The Kier molecular flexibility index (Phi) is 8.22. The molecule has 3 heterocycles. The van der Waals surface area contributed by atoms with E-state index in [0.29, 0.717) is 16.8 Å². The Morgan fingerprint density at radius 1 is 0.977 bits per heavy atom. The van der Waals surface area contributed by atoms with Gasteiger partial charge in [0, 0.05) is 36.0 Å². The van der Waals surface area contributed by atoms with E-state index in [9.17, 15) is 18.8 Å². The van der Waals surface area contributed by atoms with E-state index >= 15 is 0 Å². The van der Waals surface area contributed by atoms with Gasteiger partial charge in [0.25, 0.3) is 11.5 Å². The molecule has 1 atom stereocenters. The highest BCUT2D eigenvalue weighted by molar-refractivity contribution is 5.96. The predicted octanol–water partition coefficient (Wildman–Crippen LogP) is 4.56. The lowest BCUT2D eigenvalue weighted by molar-refractivity contribution is -0.117. The number of hydrogen-bond donors (Lipinski definition) is 3. The third kappa shape index (κ3) is 5.82. The molecule has 1 unspecified atom stereocenters. The minimum atomic E-state index is -0.506. The van der Waals surface area contributed by atoms with Gasteiger partial charge in [0.2, 0.25) is 5.91 Å². The summed E-state index contributed by atoms with van der Waals surface area (Å²) in [4.78, 5) is 43.5. The normalized spacial score (nSPS) is 11.9. The molecule has 0 fully saturated rings. The van der Waals surface area contributed by atoms with Gasteiger partial charge in [-0.05, 0) is 93.0 Å². The Morgan fingerprint density at radius 2 is 1.77 bits per heavy atom. The molecular weight excluding hydrogens is 547 g/mol. The number of hydrogen-bond acceptors (Lipinski definition) is 5. The molecule has 2 aromatic carbocycles. The second-order valence-corrected chi connectivity index (χ2v) is 10.5. The molecule has 0 aliphatic heterocycles. The third-order valence-electron chi connectivity index (χ3n) is 7.63. The molecule has 43 heavy (non-hydrogen) atoms. The Labute approximate surface area is 248 Å². The lowest BCUT2D eigenvalue weighted by Crippen LogP contribution is -2.37. The molecule has 5 aromatic rings. The first kappa shape index (κ1) is 29.4. The quantitative estimate of drug-likeness (QED) is 0.249. The van der Waals surface area contributed by atoms with Crippen LogP contribution in [0.25, 0.3) is 27.8 Å². The first-order chi connectivity index (χ1) is 20.6. The van der Waals surface area contributed by atoms with Gasteiger partial charge >= 0.3 is 0 Å². The Bertz CT molecular complexity index is 1930. The molecule has 0 saturated heterocycles. The van der Waals surface area contributed by atoms with E-state index in [-0.39, 0.29) is 29.9 Å². The molecule has 5 rings (SSSR count). The molecule has 2 amide bonds. The molecule has 10 heteroatoms. The van der Waals surface area contributed by atoms with Crippen LogP contribution >= 0.6 is 0 Å². The van der Waals surface area contributed by atoms with Gasteiger partial charge in [-0.1, -0.05) is 6.07 Å². The molecule has 3 aromatic heterocycles. The molecule has 9 nitrogen and oxygen atoms in total. The first-order valence-corrected chi connectivity index (χ1v) is 13.9. The summed E-state index contributed by atoms with van der Waals surface area (Å²) in [5.41, 5.74) is 5.58. The summed E-state index contributed by atoms with van der Waals surface area (Å²) in [6.07, 6.45) is 5.32. The largest absolute Gasteiger partial charge is 0.355 e. The first-order valence-electron chi connectivity index (χ1n) is 13.9.